The molecule has 1 aliphatic heterocycles. The second-order valence-electron chi connectivity index (χ2n) is 7.08. The zero-order chi connectivity index (χ0) is 22.7. The Hall–Kier alpha value is -3.61. The van der Waals surface area contributed by atoms with Crippen LogP contribution >= 0.6 is 11.6 Å². The van der Waals surface area contributed by atoms with E-state index in [9.17, 15) is 15.4 Å². The quantitative estimate of drug-likeness (QED) is 0.424. The van der Waals surface area contributed by atoms with Crippen LogP contribution in [0.4, 0.5) is 22.7 Å². The standard InChI is InChI=1S/C22H20ClN5O4/c1-2-32-21-11-18-16(10-20(21)28(29)30)22(14(12-24)13-25-18)26-15-3-4-19(17(23)9-15)27-5-7-31-8-6-27/h3-4,9-11,13H,2,5-8H2,1H3,(H,25,26). The number of nitrogens with one attached hydrogen (secondary N) is 1. The average Bonchev–Trinajstić information content (AvgIpc) is 2.79. The summed E-state index contributed by atoms with van der Waals surface area (Å²) in [6, 6.07) is 10.5. The van der Waals surface area contributed by atoms with Gasteiger partial charge in [0.25, 0.3) is 0 Å². The minimum atomic E-state index is -0.513. The molecule has 164 valence electrons. The molecule has 1 N–H and O–H groups in total. The van der Waals surface area contributed by atoms with Gasteiger partial charge in [-0.25, -0.2) is 0 Å². The highest BCUT2D eigenvalue weighted by molar-refractivity contribution is 6.33. The molecule has 9 nitrogen and oxygen atoms in total. The van der Waals surface area contributed by atoms with Crippen molar-refractivity contribution in [3.63, 3.8) is 0 Å². The van der Waals surface area contributed by atoms with Gasteiger partial charge in [-0.05, 0) is 25.1 Å². The van der Waals surface area contributed by atoms with Crippen LogP contribution in [0.25, 0.3) is 10.9 Å². The summed E-state index contributed by atoms with van der Waals surface area (Å²) in [5.74, 6) is 0.131. The molecule has 2 heterocycles. The predicted octanol–water partition coefficient (Wildman–Crippen LogP) is 4.65. The molecule has 0 atom stereocenters. The molecule has 3 aromatic rings. The van der Waals surface area contributed by atoms with Crippen molar-refractivity contribution in [1.29, 1.82) is 5.26 Å². The van der Waals surface area contributed by atoms with E-state index in [1.165, 1.54) is 18.3 Å². The molecule has 1 fully saturated rings. The molecular formula is C22H20ClN5O4. The second kappa shape index (κ2) is 9.26. The molecular weight excluding hydrogens is 434 g/mol. The summed E-state index contributed by atoms with van der Waals surface area (Å²) in [4.78, 5) is 17.5. The zero-order valence-electron chi connectivity index (χ0n) is 17.3. The van der Waals surface area contributed by atoms with E-state index >= 15 is 0 Å². The monoisotopic (exact) mass is 453 g/mol. The van der Waals surface area contributed by atoms with Gasteiger partial charge in [-0.1, -0.05) is 11.6 Å². The molecule has 2 aromatic carbocycles. The highest BCUT2D eigenvalue weighted by Crippen LogP contribution is 2.38. The third-order valence-corrected chi connectivity index (χ3v) is 5.44. The van der Waals surface area contributed by atoms with E-state index in [0.717, 1.165) is 18.8 Å². The maximum atomic E-state index is 11.6. The molecule has 0 spiro atoms. The number of ether oxygens (including phenoxy) is 2. The number of rotatable bonds is 6. The third kappa shape index (κ3) is 4.23. The minimum Gasteiger partial charge on any atom is -0.487 e. The number of hydrogen-bond acceptors (Lipinski definition) is 8. The number of halogens is 1. The molecule has 10 heteroatoms. The van der Waals surface area contributed by atoms with Crippen LogP contribution in [0, 0.1) is 21.4 Å². The van der Waals surface area contributed by atoms with Crippen molar-refractivity contribution in [2.75, 3.05) is 43.1 Å². The third-order valence-electron chi connectivity index (χ3n) is 5.13. The van der Waals surface area contributed by atoms with E-state index in [-0.39, 0.29) is 23.6 Å². The van der Waals surface area contributed by atoms with Gasteiger partial charge < -0.3 is 19.7 Å². The minimum absolute atomic E-state index is 0.131. The second-order valence-corrected chi connectivity index (χ2v) is 7.48. The van der Waals surface area contributed by atoms with Crippen LogP contribution in [0.1, 0.15) is 12.5 Å². The Morgan fingerprint density at radius 3 is 2.78 bits per heavy atom. The lowest BCUT2D eigenvalue weighted by Gasteiger charge is -2.29. The number of nitrogens with zero attached hydrogens (tertiary/aromatic N) is 4. The van der Waals surface area contributed by atoms with Gasteiger partial charge in [-0.2, -0.15) is 5.26 Å². The van der Waals surface area contributed by atoms with E-state index in [4.69, 9.17) is 21.1 Å². The summed E-state index contributed by atoms with van der Waals surface area (Å²) in [5, 5.41) is 25.4. The van der Waals surface area contributed by atoms with Crippen molar-refractivity contribution >= 4 is 45.3 Å². The molecule has 0 amide bonds. The first-order valence-electron chi connectivity index (χ1n) is 10.0. The van der Waals surface area contributed by atoms with Gasteiger partial charge >= 0.3 is 5.69 Å². The maximum Gasteiger partial charge on any atom is 0.311 e. The summed E-state index contributed by atoms with van der Waals surface area (Å²) >= 11 is 6.54. The van der Waals surface area contributed by atoms with E-state index in [1.54, 1.807) is 13.0 Å². The van der Waals surface area contributed by atoms with Crippen molar-refractivity contribution < 1.29 is 14.4 Å². The SMILES string of the molecule is CCOc1cc2ncc(C#N)c(Nc3ccc(N4CCOCC4)c(Cl)c3)c2cc1[N+](=O)[O-]. The van der Waals surface area contributed by atoms with Crippen molar-refractivity contribution in [1.82, 2.24) is 4.98 Å². The number of nitro groups is 1. The summed E-state index contributed by atoms with van der Waals surface area (Å²) in [6.07, 6.45) is 1.43. The number of fused-ring (bicyclic) bond motifs is 1. The first-order valence-corrected chi connectivity index (χ1v) is 10.4. The molecule has 32 heavy (non-hydrogen) atoms. The Bertz CT molecular complexity index is 1220. The fourth-order valence-electron chi connectivity index (χ4n) is 3.63. The van der Waals surface area contributed by atoms with Crippen LogP contribution in [-0.4, -0.2) is 42.8 Å². The first-order chi connectivity index (χ1) is 15.5. The van der Waals surface area contributed by atoms with Crippen molar-refractivity contribution in [3.8, 4) is 11.8 Å². The summed E-state index contributed by atoms with van der Waals surface area (Å²) < 4.78 is 10.8. The van der Waals surface area contributed by atoms with Crippen molar-refractivity contribution in [2.24, 2.45) is 0 Å². The maximum absolute atomic E-state index is 11.6. The van der Waals surface area contributed by atoms with Crippen LogP contribution in [0.3, 0.4) is 0 Å². The Kier molecular flexibility index (Phi) is 6.25. The summed E-state index contributed by atoms with van der Waals surface area (Å²) in [5.41, 5.74) is 2.49. The lowest BCUT2D eigenvalue weighted by molar-refractivity contribution is -0.385. The number of nitro benzene ring substituents is 1. The van der Waals surface area contributed by atoms with E-state index < -0.39 is 4.92 Å². The molecule has 0 aliphatic carbocycles. The van der Waals surface area contributed by atoms with Gasteiger partial charge in [0.05, 0.1) is 52.2 Å². The molecule has 1 aliphatic rings. The van der Waals surface area contributed by atoms with Crippen LogP contribution in [0.15, 0.2) is 36.5 Å². The normalized spacial score (nSPS) is 13.6. The van der Waals surface area contributed by atoms with Crippen LogP contribution in [-0.2, 0) is 4.74 Å². The zero-order valence-corrected chi connectivity index (χ0v) is 18.1. The topological polar surface area (TPSA) is 114 Å². The Morgan fingerprint density at radius 2 is 2.12 bits per heavy atom. The van der Waals surface area contributed by atoms with Gasteiger partial charge in [0.2, 0.25) is 0 Å². The van der Waals surface area contributed by atoms with Gasteiger partial charge in [-0.3, -0.25) is 15.1 Å². The van der Waals surface area contributed by atoms with E-state index in [1.807, 2.05) is 12.1 Å². The summed E-state index contributed by atoms with van der Waals surface area (Å²) in [6.45, 7) is 4.83. The Balaban J connectivity index is 1.76. The van der Waals surface area contributed by atoms with E-state index in [0.29, 0.717) is 40.5 Å². The number of aromatic nitrogens is 1. The van der Waals surface area contributed by atoms with Gasteiger partial charge in [0.15, 0.2) is 5.75 Å². The average molecular weight is 454 g/mol. The molecule has 0 radical (unpaired) electrons. The number of anilines is 3. The Morgan fingerprint density at radius 1 is 1.34 bits per heavy atom. The predicted molar refractivity (Wildman–Crippen MR) is 122 cm³/mol. The smallest absolute Gasteiger partial charge is 0.311 e. The van der Waals surface area contributed by atoms with Crippen LogP contribution < -0.4 is 15.0 Å². The highest BCUT2D eigenvalue weighted by atomic mass is 35.5. The number of pyridine rings is 1. The lowest BCUT2D eigenvalue weighted by atomic mass is 10.1. The van der Waals surface area contributed by atoms with Crippen LogP contribution in [0.2, 0.25) is 5.02 Å². The molecule has 4 rings (SSSR count). The molecule has 0 unspecified atom stereocenters. The molecule has 0 bridgehead atoms. The van der Waals surface area contributed by atoms with E-state index in [2.05, 4.69) is 21.3 Å². The first kappa shape index (κ1) is 21.6. The molecule has 1 aromatic heterocycles. The number of benzene rings is 2. The fourth-order valence-corrected chi connectivity index (χ4v) is 3.93. The molecule has 0 saturated carbocycles. The summed E-state index contributed by atoms with van der Waals surface area (Å²) in [7, 11) is 0. The number of morpholine rings is 1. The van der Waals surface area contributed by atoms with Gasteiger partial charge in [-0.15, -0.1) is 0 Å². The lowest BCUT2D eigenvalue weighted by Crippen LogP contribution is -2.36. The molecule has 1 saturated heterocycles. The largest absolute Gasteiger partial charge is 0.487 e. The fraction of sp³-hybridized carbons (Fsp3) is 0.273. The number of hydrogen-bond donors (Lipinski definition) is 1. The number of nitriles is 1. The van der Waals surface area contributed by atoms with Gasteiger partial charge in [0, 0.05) is 42.5 Å². The van der Waals surface area contributed by atoms with Crippen molar-refractivity contribution in [2.45, 2.75) is 6.92 Å². The highest BCUT2D eigenvalue weighted by Gasteiger charge is 2.21. The van der Waals surface area contributed by atoms with Gasteiger partial charge in [0.1, 0.15) is 6.07 Å². The van der Waals surface area contributed by atoms with Crippen LogP contribution in [0.5, 0.6) is 5.75 Å². The van der Waals surface area contributed by atoms with Crippen molar-refractivity contribution in [3.05, 3.63) is 57.2 Å². The Labute approximate surface area is 189 Å².